The van der Waals surface area contributed by atoms with Crippen molar-refractivity contribution in [2.75, 3.05) is 19.8 Å². The molecule has 0 unspecified atom stereocenters. The Labute approximate surface area is 98.8 Å². The first kappa shape index (κ1) is 16.1. The topological polar surface area (TPSA) is 59.6 Å². The molecule has 0 atom stereocenters. The van der Waals surface area contributed by atoms with Crippen LogP contribution in [0.1, 0.15) is 46.5 Å². The van der Waals surface area contributed by atoms with Gasteiger partial charge in [0.15, 0.2) is 0 Å². The molecule has 0 radical (unpaired) electrons. The van der Waals surface area contributed by atoms with Crippen molar-refractivity contribution in [2.24, 2.45) is 0 Å². The number of rotatable bonds is 11. The first-order valence-electron chi connectivity index (χ1n) is 6.07. The second-order valence-corrected chi connectivity index (χ2v) is 5.17. The maximum absolute atomic E-state index is 11.9. The van der Waals surface area contributed by atoms with Gasteiger partial charge in [0.05, 0.1) is 13.2 Å². The van der Waals surface area contributed by atoms with Crippen LogP contribution in [0.2, 0.25) is 0 Å². The summed E-state index contributed by atoms with van der Waals surface area (Å²) in [6, 6.07) is 0. The second kappa shape index (κ2) is 10.2. The van der Waals surface area contributed by atoms with E-state index in [1.165, 1.54) is 19.3 Å². The van der Waals surface area contributed by atoms with Gasteiger partial charge in [-0.1, -0.05) is 26.2 Å². The lowest BCUT2D eigenvalue weighted by Gasteiger charge is -2.18. The van der Waals surface area contributed by atoms with Crippen molar-refractivity contribution < 1.29 is 13.6 Å². The van der Waals surface area contributed by atoms with Crippen molar-refractivity contribution in [1.29, 1.82) is 0 Å². The first-order valence-corrected chi connectivity index (χ1v) is 7.62. The van der Waals surface area contributed by atoms with E-state index in [4.69, 9.17) is 9.05 Å². The number of hydrogen-bond acceptors (Lipinski definition) is 4. The van der Waals surface area contributed by atoms with E-state index in [9.17, 15) is 4.57 Å². The van der Waals surface area contributed by atoms with Gasteiger partial charge in [0.25, 0.3) is 0 Å². The predicted molar refractivity (Wildman–Crippen MR) is 66.1 cm³/mol. The molecule has 0 rings (SSSR count). The van der Waals surface area contributed by atoms with E-state index in [1.54, 1.807) is 13.8 Å². The molecule has 0 heterocycles. The van der Waals surface area contributed by atoms with Gasteiger partial charge in [-0.3, -0.25) is 9.05 Å². The molecule has 0 aromatic carbocycles. The summed E-state index contributed by atoms with van der Waals surface area (Å²) in [6.07, 6.45) is 4.68. The lowest BCUT2D eigenvalue weighted by molar-refractivity contribution is 0.205. The maximum atomic E-state index is 11.9. The Balaban J connectivity index is 3.64. The van der Waals surface area contributed by atoms with Gasteiger partial charge in [-0.2, -0.15) is 5.20 Å². The summed E-state index contributed by atoms with van der Waals surface area (Å²) in [4.78, 5) is 0. The molecule has 5 nitrogen and oxygen atoms in total. The molecule has 98 valence electrons. The Morgan fingerprint density at radius 2 is 1.62 bits per heavy atom. The fraction of sp³-hybridized carbons (Fsp3) is 1.00. The number of hydrogen-bond donors (Lipinski definition) is 2. The summed E-state index contributed by atoms with van der Waals surface area (Å²) >= 11 is 0. The van der Waals surface area contributed by atoms with E-state index in [1.807, 2.05) is 0 Å². The van der Waals surface area contributed by atoms with E-state index in [0.717, 1.165) is 13.0 Å². The highest BCUT2D eigenvalue weighted by Gasteiger charge is 2.22. The summed E-state index contributed by atoms with van der Waals surface area (Å²) in [5, 5.41) is 2.64. The zero-order chi connectivity index (χ0) is 12.3. The zero-order valence-electron chi connectivity index (χ0n) is 10.6. The van der Waals surface area contributed by atoms with Crippen LogP contribution in [0.15, 0.2) is 0 Å². The second-order valence-electron chi connectivity index (χ2n) is 3.43. The fourth-order valence-electron chi connectivity index (χ4n) is 1.23. The van der Waals surface area contributed by atoms with Crippen LogP contribution < -0.4 is 10.6 Å². The molecule has 0 saturated heterocycles. The van der Waals surface area contributed by atoms with Gasteiger partial charge in [-0.15, -0.1) is 0 Å². The SMILES string of the molecule is CCCCCCNNP(=O)(OCC)OCC. The molecule has 6 heteroatoms. The monoisotopic (exact) mass is 252 g/mol. The van der Waals surface area contributed by atoms with Gasteiger partial charge in [0, 0.05) is 6.54 Å². The average molecular weight is 252 g/mol. The van der Waals surface area contributed by atoms with Crippen molar-refractivity contribution in [2.45, 2.75) is 46.5 Å². The molecule has 2 N–H and O–H groups in total. The van der Waals surface area contributed by atoms with Gasteiger partial charge >= 0.3 is 7.75 Å². The molecule has 0 aromatic heterocycles. The first-order chi connectivity index (χ1) is 7.68. The third-order valence-electron chi connectivity index (χ3n) is 1.97. The number of unbranched alkanes of at least 4 members (excludes halogenated alkanes) is 3. The molecule has 0 amide bonds. The molecule has 0 saturated carbocycles. The van der Waals surface area contributed by atoms with E-state index in [0.29, 0.717) is 13.2 Å². The Kier molecular flexibility index (Phi) is 10.3. The Morgan fingerprint density at radius 3 is 2.12 bits per heavy atom. The van der Waals surface area contributed by atoms with Gasteiger partial charge in [0.2, 0.25) is 0 Å². The minimum absolute atomic E-state index is 0.363. The van der Waals surface area contributed by atoms with E-state index < -0.39 is 7.75 Å². The third-order valence-corrected chi connectivity index (χ3v) is 3.60. The normalized spacial score (nSPS) is 11.9. The van der Waals surface area contributed by atoms with Gasteiger partial charge in [0.1, 0.15) is 0 Å². The predicted octanol–water partition coefficient (Wildman–Crippen LogP) is 2.84. The van der Waals surface area contributed by atoms with E-state index in [2.05, 4.69) is 17.5 Å². The molecule has 0 aliphatic heterocycles. The van der Waals surface area contributed by atoms with Crippen molar-refractivity contribution in [3.8, 4) is 0 Å². The average Bonchev–Trinajstić information content (AvgIpc) is 2.24. The molecule has 0 fully saturated rings. The highest BCUT2D eigenvalue weighted by molar-refractivity contribution is 7.51. The molecular weight excluding hydrogens is 227 g/mol. The van der Waals surface area contributed by atoms with Crippen molar-refractivity contribution >= 4 is 7.75 Å². The van der Waals surface area contributed by atoms with Crippen molar-refractivity contribution in [3.05, 3.63) is 0 Å². The van der Waals surface area contributed by atoms with Crippen LogP contribution >= 0.6 is 7.75 Å². The smallest absolute Gasteiger partial charge is 0.296 e. The molecule has 16 heavy (non-hydrogen) atoms. The van der Waals surface area contributed by atoms with Crippen LogP contribution in [0.5, 0.6) is 0 Å². The highest BCUT2D eigenvalue weighted by atomic mass is 31.2. The van der Waals surface area contributed by atoms with E-state index >= 15 is 0 Å². The Bertz CT molecular complexity index is 193. The van der Waals surface area contributed by atoms with Gasteiger partial charge in [-0.25, -0.2) is 9.99 Å². The zero-order valence-corrected chi connectivity index (χ0v) is 11.5. The molecule has 0 spiro atoms. The molecular formula is C10H25N2O3P. The van der Waals surface area contributed by atoms with Crippen LogP contribution in [-0.4, -0.2) is 19.8 Å². The number of hydrazine groups is 1. The number of nitrogens with one attached hydrogen (secondary N) is 2. The Hall–Kier alpha value is 0.0700. The quantitative estimate of drug-likeness (QED) is 0.336. The van der Waals surface area contributed by atoms with Crippen LogP contribution in [0, 0.1) is 0 Å². The van der Waals surface area contributed by atoms with Crippen LogP contribution in [0.3, 0.4) is 0 Å². The molecule has 0 aromatic rings. The minimum atomic E-state index is -3.14. The summed E-state index contributed by atoms with van der Waals surface area (Å²) in [5.41, 5.74) is 2.89. The molecule has 0 aliphatic carbocycles. The third kappa shape index (κ3) is 8.25. The maximum Gasteiger partial charge on any atom is 0.418 e. The van der Waals surface area contributed by atoms with Gasteiger partial charge < -0.3 is 0 Å². The van der Waals surface area contributed by atoms with E-state index in [-0.39, 0.29) is 0 Å². The van der Waals surface area contributed by atoms with Crippen LogP contribution in [0.25, 0.3) is 0 Å². The summed E-state index contributed by atoms with van der Waals surface area (Å²) < 4.78 is 22.0. The van der Waals surface area contributed by atoms with Crippen molar-refractivity contribution in [1.82, 2.24) is 10.6 Å². The Morgan fingerprint density at radius 1 is 1.00 bits per heavy atom. The lowest BCUT2D eigenvalue weighted by atomic mass is 10.2. The fourth-order valence-corrected chi connectivity index (χ4v) is 2.42. The highest BCUT2D eigenvalue weighted by Crippen LogP contribution is 2.42. The van der Waals surface area contributed by atoms with Crippen LogP contribution in [0.4, 0.5) is 0 Å². The molecule has 0 aliphatic rings. The largest absolute Gasteiger partial charge is 0.418 e. The summed E-state index contributed by atoms with van der Waals surface area (Å²) in [7, 11) is -3.14. The summed E-state index contributed by atoms with van der Waals surface area (Å²) in [5.74, 6) is 0. The van der Waals surface area contributed by atoms with Crippen LogP contribution in [-0.2, 0) is 13.6 Å². The molecule has 0 bridgehead atoms. The minimum Gasteiger partial charge on any atom is -0.296 e. The van der Waals surface area contributed by atoms with Gasteiger partial charge in [-0.05, 0) is 20.3 Å². The summed E-state index contributed by atoms with van der Waals surface area (Å²) in [6.45, 7) is 7.24. The van der Waals surface area contributed by atoms with Crippen molar-refractivity contribution in [3.63, 3.8) is 0 Å². The lowest BCUT2D eigenvalue weighted by Crippen LogP contribution is -2.31. The standard InChI is InChI=1S/C10H25N2O3P/c1-4-7-8-9-10-11-12-16(13,14-5-2)15-6-3/h11H,4-10H2,1-3H3,(H,12,13).